The van der Waals surface area contributed by atoms with Gasteiger partial charge in [-0.05, 0) is 19.3 Å². The fraction of sp³-hybridized carbons (Fsp3) is 1.00. The van der Waals surface area contributed by atoms with E-state index < -0.39 is 12.7 Å². The maximum Gasteiger partial charge on any atom is 0.401 e. The van der Waals surface area contributed by atoms with Crippen LogP contribution in [0.3, 0.4) is 0 Å². The van der Waals surface area contributed by atoms with Crippen LogP contribution in [0.15, 0.2) is 0 Å². The fourth-order valence-corrected chi connectivity index (χ4v) is 2.79. The fourth-order valence-electron chi connectivity index (χ4n) is 2.79. The number of likely N-dealkylation sites (tertiary alicyclic amines) is 1. The average Bonchev–Trinajstić information content (AvgIpc) is 2.75. The van der Waals surface area contributed by atoms with E-state index in [0.717, 1.165) is 6.42 Å². The maximum atomic E-state index is 12.2. The van der Waals surface area contributed by atoms with Gasteiger partial charge in [0.1, 0.15) is 0 Å². The van der Waals surface area contributed by atoms with Gasteiger partial charge in [-0.1, -0.05) is 12.8 Å². The highest BCUT2D eigenvalue weighted by Gasteiger charge is 2.34. The lowest BCUT2D eigenvalue weighted by molar-refractivity contribution is -0.143. The van der Waals surface area contributed by atoms with Gasteiger partial charge in [0.25, 0.3) is 0 Å². The summed E-state index contributed by atoms with van der Waals surface area (Å²) in [4.78, 5) is 1.51. The van der Waals surface area contributed by atoms with Crippen LogP contribution < -0.4 is 5.32 Å². The summed E-state index contributed by atoms with van der Waals surface area (Å²) in [7, 11) is 0. The van der Waals surface area contributed by atoms with E-state index in [1.807, 2.05) is 0 Å². The number of rotatable bonds is 3. The zero-order valence-electron chi connectivity index (χ0n) is 9.39. The van der Waals surface area contributed by atoms with Crippen molar-refractivity contribution in [1.29, 1.82) is 0 Å². The number of nitrogens with one attached hydrogen (secondary N) is 1. The van der Waals surface area contributed by atoms with Crippen LogP contribution in [0.4, 0.5) is 13.2 Å². The number of alkyl halides is 3. The summed E-state index contributed by atoms with van der Waals surface area (Å²) in [5.74, 6) is 0. The van der Waals surface area contributed by atoms with Crippen molar-refractivity contribution in [2.75, 3.05) is 19.6 Å². The van der Waals surface area contributed by atoms with E-state index in [2.05, 4.69) is 5.32 Å². The first-order valence-corrected chi connectivity index (χ1v) is 6.08. The van der Waals surface area contributed by atoms with Gasteiger partial charge < -0.3 is 5.32 Å². The Labute approximate surface area is 94.2 Å². The molecule has 0 amide bonds. The number of hydrogen-bond donors (Lipinski definition) is 1. The van der Waals surface area contributed by atoms with Gasteiger partial charge in [0, 0.05) is 25.2 Å². The molecule has 2 fully saturated rings. The van der Waals surface area contributed by atoms with Crippen molar-refractivity contribution < 1.29 is 13.2 Å². The molecule has 2 rings (SSSR count). The van der Waals surface area contributed by atoms with Gasteiger partial charge in [-0.15, -0.1) is 0 Å². The highest BCUT2D eigenvalue weighted by Crippen LogP contribution is 2.22. The maximum absolute atomic E-state index is 12.2. The third-order valence-corrected chi connectivity index (χ3v) is 3.50. The Balaban J connectivity index is 1.70. The van der Waals surface area contributed by atoms with Gasteiger partial charge in [0.05, 0.1) is 6.54 Å². The Morgan fingerprint density at radius 3 is 2.38 bits per heavy atom. The predicted octanol–water partition coefficient (Wildman–Crippen LogP) is 2.16. The lowest BCUT2D eigenvalue weighted by Crippen LogP contribution is -2.40. The summed E-state index contributed by atoms with van der Waals surface area (Å²) in [6.07, 6.45) is 1.70. The van der Waals surface area contributed by atoms with Crippen molar-refractivity contribution in [2.24, 2.45) is 0 Å². The van der Waals surface area contributed by atoms with Gasteiger partial charge in [-0.25, -0.2) is 0 Å². The van der Waals surface area contributed by atoms with E-state index >= 15 is 0 Å². The molecule has 1 saturated carbocycles. The zero-order chi connectivity index (χ0) is 11.6. The molecule has 0 aromatic rings. The van der Waals surface area contributed by atoms with E-state index in [0.29, 0.717) is 19.1 Å². The van der Waals surface area contributed by atoms with Crippen molar-refractivity contribution >= 4 is 0 Å². The number of nitrogens with zero attached hydrogens (tertiary/aromatic N) is 1. The molecule has 0 radical (unpaired) electrons. The first-order valence-electron chi connectivity index (χ1n) is 6.08. The van der Waals surface area contributed by atoms with Crippen molar-refractivity contribution in [3.63, 3.8) is 0 Å². The molecule has 0 spiro atoms. The molecular weight excluding hydrogens is 217 g/mol. The van der Waals surface area contributed by atoms with Gasteiger partial charge in [-0.2, -0.15) is 13.2 Å². The molecule has 2 nitrogen and oxygen atoms in total. The smallest absolute Gasteiger partial charge is 0.310 e. The summed E-state index contributed by atoms with van der Waals surface area (Å²) >= 11 is 0. The molecule has 0 aromatic heterocycles. The molecule has 1 atom stereocenters. The molecular formula is C11H19F3N2. The van der Waals surface area contributed by atoms with Crippen molar-refractivity contribution in [1.82, 2.24) is 10.2 Å². The second-order valence-electron chi connectivity index (χ2n) is 4.98. The van der Waals surface area contributed by atoms with Crippen LogP contribution in [0.1, 0.15) is 32.1 Å². The molecule has 1 saturated heterocycles. The second-order valence-corrected chi connectivity index (χ2v) is 4.98. The van der Waals surface area contributed by atoms with E-state index in [1.165, 1.54) is 30.6 Å². The largest absolute Gasteiger partial charge is 0.401 e. The van der Waals surface area contributed by atoms with E-state index in [1.54, 1.807) is 0 Å². The highest BCUT2D eigenvalue weighted by molar-refractivity contribution is 4.86. The number of hydrogen-bond acceptors (Lipinski definition) is 2. The summed E-state index contributed by atoms with van der Waals surface area (Å²) < 4.78 is 36.5. The molecule has 1 aliphatic heterocycles. The van der Waals surface area contributed by atoms with Crippen LogP contribution in [-0.2, 0) is 0 Å². The summed E-state index contributed by atoms with van der Waals surface area (Å²) in [5.41, 5.74) is 0. The highest BCUT2D eigenvalue weighted by atomic mass is 19.4. The zero-order valence-corrected chi connectivity index (χ0v) is 9.39. The Kier molecular flexibility index (Phi) is 3.74. The van der Waals surface area contributed by atoms with Crippen LogP contribution in [0.5, 0.6) is 0 Å². The van der Waals surface area contributed by atoms with Crippen molar-refractivity contribution in [3.05, 3.63) is 0 Å². The van der Waals surface area contributed by atoms with Gasteiger partial charge in [0.2, 0.25) is 0 Å². The minimum atomic E-state index is -4.05. The van der Waals surface area contributed by atoms with Gasteiger partial charge in [0.15, 0.2) is 0 Å². The summed E-state index contributed by atoms with van der Waals surface area (Å²) in [6.45, 7) is 0.371. The van der Waals surface area contributed by atoms with Gasteiger partial charge >= 0.3 is 6.18 Å². The van der Waals surface area contributed by atoms with Crippen molar-refractivity contribution in [3.8, 4) is 0 Å². The standard InChI is InChI=1S/C11H19F3N2/c12-11(13,14)8-16-6-5-10(7-16)15-9-3-1-2-4-9/h9-10,15H,1-8H2. The minimum absolute atomic E-state index is 0.269. The molecule has 5 heteroatoms. The normalized spacial score (nSPS) is 29.1. The molecule has 1 heterocycles. The van der Waals surface area contributed by atoms with Crippen LogP contribution in [0.25, 0.3) is 0 Å². The molecule has 1 N–H and O–H groups in total. The Bertz CT molecular complexity index is 224. The molecule has 0 aromatic carbocycles. The molecule has 0 bridgehead atoms. The van der Waals surface area contributed by atoms with Crippen molar-refractivity contribution in [2.45, 2.75) is 50.4 Å². The monoisotopic (exact) mass is 236 g/mol. The lowest BCUT2D eigenvalue weighted by Gasteiger charge is -2.20. The minimum Gasteiger partial charge on any atom is -0.310 e. The average molecular weight is 236 g/mol. The Hall–Kier alpha value is -0.290. The predicted molar refractivity (Wildman–Crippen MR) is 56.3 cm³/mol. The summed E-state index contributed by atoms with van der Waals surface area (Å²) in [5, 5.41) is 3.48. The lowest BCUT2D eigenvalue weighted by atomic mass is 10.2. The molecule has 16 heavy (non-hydrogen) atoms. The topological polar surface area (TPSA) is 15.3 Å². The second kappa shape index (κ2) is 4.92. The molecule has 1 aliphatic carbocycles. The molecule has 2 aliphatic rings. The van der Waals surface area contributed by atoms with Crippen LogP contribution >= 0.6 is 0 Å². The van der Waals surface area contributed by atoms with E-state index in [-0.39, 0.29) is 6.04 Å². The third-order valence-electron chi connectivity index (χ3n) is 3.50. The molecule has 94 valence electrons. The molecule has 1 unspecified atom stereocenters. The first-order chi connectivity index (χ1) is 7.53. The van der Waals surface area contributed by atoms with Crippen LogP contribution in [-0.4, -0.2) is 42.8 Å². The summed E-state index contributed by atoms with van der Waals surface area (Å²) in [6, 6.07) is 0.821. The Morgan fingerprint density at radius 2 is 1.75 bits per heavy atom. The Morgan fingerprint density at radius 1 is 1.06 bits per heavy atom. The SMILES string of the molecule is FC(F)(F)CN1CCC(NC2CCCC2)C1. The quantitative estimate of drug-likeness (QED) is 0.807. The third kappa shape index (κ3) is 3.63. The van der Waals surface area contributed by atoms with Crippen LogP contribution in [0, 0.1) is 0 Å². The van der Waals surface area contributed by atoms with E-state index in [9.17, 15) is 13.2 Å². The number of halogens is 3. The van der Waals surface area contributed by atoms with Gasteiger partial charge in [-0.3, -0.25) is 4.90 Å². The van der Waals surface area contributed by atoms with E-state index in [4.69, 9.17) is 0 Å². The van der Waals surface area contributed by atoms with Crippen LogP contribution in [0.2, 0.25) is 0 Å². The first kappa shape index (κ1) is 12.2.